The molecule has 7 aliphatic rings. The molecule has 3 heterocycles. The monoisotopic (exact) mass is 940 g/mol. The van der Waals surface area contributed by atoms with E-state index in [0.29, 0.717) is 38.0 Å². The van der Waals surface area contributed by atoms with E-state index in [-0.39, 0.29) is 17.3 Å². The van der Waals surface area contributed by atoms with Gasteiger partial charge in [-0.2, -0.15) is 0 Å². The number of fused-ring (bicyclic) bond motifs is 4. The molecule has 374 valence electrons. The highest BCUT2D eigenvalue weighted by Crippen LogP contribution is 2.73. The van der Waals surface area contributed by atoms with Gasteiger partial charge in [0, 0.05) is 0 Å². The molecular weight excluding hydrogens is 868 g/mol. The maximum absolute atomic E-state index is 13.8. The molecule has 19 nitrogen and oxygen atoms in total. The van der Waals surface area contributed by atoms with Crippen LogP contribution in [0.4, 0.5) is 0 Å². The van der Waals surface area contributed by atoms with Crippen molar-refractivity contribution in [2.24, 2.45) is 39.4 Å². The first kappa shape index (κ1) is 51.2. The first-order valence-electron chi connectivity index (χ1n) is 23.5. The molecule has 0 aromatic heterocycles. The summed E-state index contributed by atoms with van der Waals surface area (Å²) in [7, 11) is 0. The number of rotatable bonds is 13. The second-order valence-corrected chi connectivity index (χ2v) is 21.5. The smallest absolute Gasteiger partial charge is 0.335 e. The van der Waals surface area contributed by atoms with Gasteiger partial charge in [0.25, 0.3) is 0 Å². The number of carbonyl (C=O) groups is 3. The minimum atomic E-state index is -2.18. The number of allylic oxidation sites excluding steroid dienone is 3. The molecule has 3 saturated heterocycles. The normalized spacial score (nSPS) is 47.2. The molecule has 66 heavy (non-hydrogen) atoms. The molecule has 0 amide bonds. The van der Waals surface area contributed by atoms with Gasteiger partial charge < -0.3 is 79.5 Å². The zero-order valence-electron chi connectivity index (χ0n) is 38.9. The first-order chi connectivity index (χ1) is 30.8. The second-order valence-electron chi connectivity index (χ2n) is 21.5. The van der Waals surface area contributed by atoms with E-state index in [9.17, 15) is 65.4 Å². The van der Waals surface area contributed by atoms with Gasteiger partial charge in [0.1, 0.15) is 54.9 Å². The van der Waals surface area contributed by atoms with Gasteiger partial charge in [-0.05, 0) is 112 Å². The van der Waals surface area contributed by atoms with Gasteiger partial charge in [0.05, 0.1) is 18.1 Å². The molecule has 10 N–H and O–H groups in total. The molecule has 0 unspecified atom stereocenters. The maximum Gasteiger partial charge on any atom is 0.335 e. The number of ether oxygens (including phenoxy) is 6. The fraction of sp³-hybridized carbons (Fsp3) is 0.851. The van der Waals surface area contributed by atoms with Crippen molar-refractivity contribution in [1.29, 1.82) is 0 Å². The average Bonchev–Trinajstić information content (AvgIpc) is 3.57. The van der Waals surface area contributed by atoms with Crippen molar-refractivity contribution < 1.29 is 93.9 Å². The van der Waals surface area contributed by atoms with E-state index in [1.165, 1.54) is 11.1 Å². The fourth-order valence-corrected chi connectivity index (χ4v) is 13.8. The third-order valence-corrected chi connectivity index (χ3v) is 17.3. The standard InChI is InChI=1S/C47H72O19/c1-20(2)9-8-10-21(3)22-14-18-47(43(59)60)24-11-12-26-44(4,5)27(15-16-45(26,6)23(24)13-17-46(22,47)7)62-41-31(52)29(50)35(37(66-41)39(57)58)64-42-33(54)34(32(53)36(65-42)38(55)56)63-40-30(51)28(49)25(48)19-61-40/h9,21-22,25-37,40-42,48-54H,8,10-19H2,1-7H3,(H,55,56)(H,57,58)(H,59,60)/t21-,22-,25+,26+,27+,28+,29-,30-,31-,32-,33-,34+,35+,36+,37+,40+,41-,42-,45-,46-,47+/m1/s1. The summed E-state index contributed by atoms with van der Waals surface area (Å²) in [5.41, 5.74) is 1.27. The summed E-state index contributed by atoms with van der Waals surface area (Å²) in [6, 6.07) is 0. The highest BCUT2D eigenvalue weighted by molar-refractivity contribution is 5.82. The Balaban J connectivity index is 1.07. The summed E-state index contributed by atoms with van der Waals surface area (Å²) in [6.45, 7) is 14.5. The number of hydrogen-bond acceptors (Lipinski definition) is 16. The molecule has 3 aliphatic heterocycles. The molecule has 0 aromatic carbocycles. The summed E-state index contributed by atoms with van der Waals surface area (Å²) in [5, 5.41) is 107. The zero-order valence-corrected chi connectivity index (χ0v) is 38.9. The Labute approximate surface area is 384 Å². The molecule has 0 aromatic rings. The summed E-state index contributed by atoms with van der Waals surface area (Å²) < 4.78 is 34.0. The van der Waals surface area contributed by atoms with Gasteiger partial charge in [-0.15, -0.1) is 0 Å². The van der Waals surface area contributed by atoms with Crippen LogP contribution in [0.1, 0.15) is 113 Å². The third kappa shape index (κ3) is 8.48. The minimum absolute atomic E-state index is 0.000919. The van der Waals surface area contributed by atoms with Crippen LogP contribution in [0, 0.1) is 39.4 Å². The van der Waals surface area contributed by atoms with Crippen molar-refractivity contribution in [2.45, 2.75) is 205 Å². The van der Waals surface area contributed by atoms with Crippen LogP contribution in [0.5, 0.6) is 0 Å². The zero-order chi connectivity index (χ0) is 48.6. The Kier molecular flexibility index (Phi) is 14.7. The number of aliphatic carboxylic acids is 3. The van der Waals surface area contributed by atoms with Gasteiger partial charge in [-0.3, -0.25) is 4.79 Å². The van der Waals surface area contributed by atoms with Gasteiger partial charge in [0.15, 0.2) is 31.1 Å². The number of hydrogen-bond donors (Lipinski definition) is 10. The predicted octanol–water partition coefficient (Wildman–Crippen LogP) is 1.84. The van der Waals surface area contributed by atoms with Crippen molar-refractivity contribution in [2.75, 3.05) is 6.61 Å². The lowest BCUT2D eigenvalue weighted by Crippen LogP contribution is -2.67. The molecule has 19 heteroatoms. The average molecular weight is 941 g/mol. The van der Waals surface area contributed by atoms with Crippen LogP contribution in [-0.4, -0.2) is 168 Å². The van der Waals surface area contributed by atoms with E-state index < -0.39 is 133 Å². The Hall–Kier alpha value is -2.63. The van der Waals surface area contributed by atoms with Crippen molar-refractivity contribution >= 4 is 17.9 Å². The topological polar surface area (TPSA) is 309 Å². The summed E-state index contributed by atoms with van der Waals surface area (Å²) in [5.74, 6) is -3.52. The fourth-order valence-electron chi connectivity index (χ4n) is 13.8. The maximum atomic E-state index is 13.8. The van der Waals surface area contributed by atoms with Crippen molar-refractivity contribution in [3.63, 3.8) is 0 Å². The van der Waals surface area contributed by atoms with E-state index in [4.69, 9.17) is 28.4 Å². The largest absolute Gasteiger partial charge is 0.481 e. The lowest BCUT2D eigenvalue weighted by molar-refractivity contribution is -0.372. The van der Waals surface area contributed by atoms with E-state index in [1.807, 2.05) is 13.8 Å². The Morgan fingerprint density at radius 2 is 1.32 bits per heavy atom. The van der Waals surface area contributed by atoms with E-state index in [0.717, 1.165) is 37.7 Å². The molecular formula is C47H72O19. The lowest BCUT2D eigenvalue weighted by Gasteiger charge is -2.62. The highest BCUT2D eigenvalue weighted by atomic mass is 16.8. The Bertz CT molecular complexity index is 1880. The van der Waals surface area contributed by atoms with Crippen LogP contribution in [0.25, 0.3) is 0 Å². The third-order valence-electron chi connectivity index (χ3n) is 17.3. The highest BCUT2D eigenvalue weighted by Gasteiger charge is 2.69. The number of aliphatic hydroxyl groups excluding tert-OH is 7. The van der Waals surface area contributed by atoms with E-state index in [1.54, 1.807) is 0 Å². The second kappa shape index (κ2) is 18.9. The SMILES string of the molecule is CC(C)=CCC[C@@H](C)[C@H]1CC[C@@]2(C(=O)O)C3=C(CC[C@]12C)[C@@]1(C)CC[C@H](O[C@@H]2O[C@H](C(=O)O)[C@@H](O[C@@H]4O[C@H](C(=O)O)[C@H](O)[C@H](O[C@@H]5OC[C@H](O)[C@H](O)[C@H]5O)[C@H]4O)[C@H](O)[C@H]2O)C(C)(C)[C@@H]1CC3. The molecule has 2 saturated carbocycles. The molecule has 0 bridgehead atoms. The van der Waals surface area contributed by atoms with Crippen LogP contribution < -0.4 is 0 Å². The Morgan fingerprint density at radius 1 is 0.697 bits per heavy atom. The van der Waals surface area contributed by atoms with E-state index in [2.05, 4.69) is 40.7 Å². The molecule has 5 fully saturated rings. The van der Waals surface area contributed by atoms with Gasteiger partial charge in [0.2, 0.25) is 0 Å². The van der Waals surface area contributed by atoms with Gasteiger partial charge in [-0.1, -0.05) is 57.4 Å². The Morgan fingerprint density at radius 3 is 1.95 bits per heavy atom. The molecule has 0 spiro atoms. The quantitative estimate of drug-likeness (QED) is 0.118. The number of carboxylic acids is 3. The molecule has 7 rings (SSSR count). The van der Waals surface area contributed by atoms with Crippen LogP contribution in [-0.2, 0) is 42.8 Å². The predicted molar refractivity (Wildman–Crippen MR) is 228 cm³/mol. The van der Waals surface area contributed by atoms with Gasteiger partial charge in [-0.25, -0.2) is 9.59 Å². The van der Waals surface area contributed by atoms with Crippen molar-refractivity contribution in [3.05, 3.63) is 22.8 Å². The first-order valence-corrected chi connectivity index (χ1v) is 23.5. The molecule has 21 atom stereocenters. The molecule has 0 radical (unpaired) electrons. The van der Waals surface area contributed by atoms with Crippen molar-refractivity contribution in [3.8, 4) is 0 Å². The van der Waals surface area contributed by atoms with Crippen LogP contribution in [0.15, 0.2) is 22.8 Å². The minimum Gasteiger partial charge on any atom is -0.481 e. The van der Waals surface area contributed by atoms with Crippen LogP contribution in [0.3, 0.4) is 0 Å². The molecule has 4 aliphatic carbocycles. The summed E-state index contributed by atoms with van der Waals surface area (Å²) in [6.07, 6.45) is -18.3. The number of aliphatic hydroxyl groups is 7. The van der Waals surface area contributed by atoms with E-state index >= 15 is 0 Å². The van der Waals surface area contributed by atoms with Crippen LogP contribution in [0.2, 0.25) is 0 Å². The number of carboxylic acid groups (broad SMARTS) is 3. The van der Waals surface area contributed by atoms with Gasteiger partial charge >= 0.3 is 17.9 Å². The van der Waals surface area contributed by atoms with Crippen LogP contribution >= 0.6 is 0 Å². The summed E-state index contributed by atoms with van der Waals surface area (Å²) >= 11 is 0. The summed E-state index contributed by atoms with van der Waals surface area (Å²) in [4.78, 5) is 38.7. The lowest BCUT2D eigenvalue weighted by atomic mass is 9.43. The van der Waals surface area contributed by atoms with Crippen molar-refractivity contribution in [1.82, 2.24) is 0 Å².